The number of hydrogen-bond acceptors (Lipinski definition) is 7. The van der Waals surface area contributed by atoms with Crippen LogP contribution in [0.25, 0.3) is 11.1 Å². The molecular weight excluding hydrogens is 448 g/mol. The number of fused-ring (bicyclic) bond motifs is 1. The Morgan fingerprint density at radius 3 is 2.89 bits per heavy atom. The van der Waals surface area contributed by atoms with Gasteiger partial charge in [0, 0.05) is 31.4 Å². The minimum atomic E-state index is -0.315. The Morgan fingerprint density at radius 2 is 2.09 bits per heavy atom. The maximum absolute atomic E-state index is 13.2. The fourth-order valence-corrected chi connectivity index (χ4v) is 4.34. The summed E-state index contributed by atoms with van der Waals surface area (Å²) in [5, 5.41) is 9.94. The summed E-state index contributed by atoms with van der Waals surface area (Å²) in [7, 11) is 1.63. The first-order chi connectivity index (χ1) is 17.2. The number of anilines is 1. The fourth-order valence-electron chi connectivity index (χ4n) is 4.34. The van der Waals surface area contributed by atoms with Crippen LogP contribution in [0.15, 0.2) is 48.8 Å². The molecule has 9 heteroatoms. The molecule has 1 saturated heterocycles. The summed E-state index contributed by atoms with van der Waals surface area (Å²) in [6, 6.07) is 11.4. The van der Waals surface area contributed by atoms with Gasteiger partial charge in [-0.15, -0.1) is 0 Å². The number of amides is 1. The van der Waals surface area contributed by atoms with Crippen molar-refractivity contribution in [3.8, 4) is 28.4 Å². The summed E-state index contributed by atoms with van der Waals surface area (Å²) in [5.41, 5.74) is 3.51. The van der Waals surface area contributed by atoms with Crippen molar-refractivity contribution in [2.45, 2.75) is 6.42 Å². The summed E-state index contributed by atoms with van der Waals surface area (Å²) in [6.45, 7) is 4.92. The Hall–Kier alpha value is -3.56. The second-order valence-corrected chi connectivity index (χ2v) is 8.68. The Morgan fingerprint density at radius 1 is 1.20 bits per heavy atom. The summed E-state index contributed by atoms with van der Waals surface area (Å²) >= 11 is 0. The number of rotatable bonds is 8. The third-order valence-electron chi connectivity index (χ3n) is 6.38. The van der Waals surface area contributed by atoms with Crippen molar-refractivity contribution in [2.75, 3.05) is 58.5 Å². The van der Waals surface area contributed by atoms with Gasteiger partial charge in [0.05, 0.1) is 38.1 Å². The Kier molecular flexibility index (Phi) is 7.15. The van der Waals surface area contributed by atoms with E-state index in [4.69, 9.17) is 18.9 Å². The number of carbonyl (C=O) groups is 1. The van der Waals surface area contributed by atoms with E-state index in [2.05, 4.69) is 20.4 Å². The SMILES string of the molecule is COc1ccc2c(c1)C[C@@H](C(=O)Nc1ccc(-c3cn[nH]c3)cc1OCCN1CCOCC1)CO2. The van der Waals surface area contributed by atoms with Gasteiger partial charge in [0.1, 0.15) is 30.5 Å². The molecule has 2 N–H and O–H groups in total. The lowest BCUT2D eigenvalue weighted by atomic mass is 9.95. The molecule has 2 aliphatic heterocycles. The van der Waals surface area contributed by atoms with E-state index >= 15 is 0 Å². The predicted molar refractivity (Wildman–Crippen MR) is 131 cm³/mol. The van der Waals surface area contributed by atoms with Crippen molar-refractivity contribution in [2.24, 2.45) is 5.92 Å². The number of morpholine rings is 1. The van der Waals surface area contributed by atoms with Gasteiger partial charge >= 0.3 is 0 Å². The molecule has 1 fully saturated rings. The minimum absolute atomic E-state index is 0.104. The predicted octanol–water partition coefficient (Wildman–Crippen LogP) is 2.99. The van der Waals surface area contributed by atoms with E-state index in [1.807, 2.05) is 42.6 Å². The topological polar surface area (TPSA) is 97.9 Å². The quantitative estimate of drug-likeness (QED) is 0.514. The molecule has 0 bridgehead atoms. The zero-order valence-electron chi connectivity index (χ0n) is 19.8. The average molecular weight is 479 g/mol. The molecule has 3 heterocycles. The molecule has 35 heavy (non-hydrogen) atoms. The molecule has 2 aromatic carbocycles. The van der Waals surface area contributed by atoms with Crippen LogP contribution in [0.5, 0.6) is 17.2 Å². The smallest absolute Gasteiger partial charge is 0.231 e. The number of ether oxygens (including phenoxy) is 4. The summed E-state index contributed by atoms with van der Waals surface area (Å²) < 4.78 is 22.8. The summed E-state index contributed by atoms with van der Waals surface area (Å²) in [6.07, 6.45) is 4.17. The second kappa shape index (κ2) is 10.8. The molecule has 9 nitrogen and oxygen atoms in total. The molecule has 0 radical (unpaired) electrons. The van der Waals surface area contributed by atoms with E-state index in [0.717, 1.165) is 61.0 Å². The van der Waals surface area contributed by atoms with Gasteiger partial charge < -0.3 is 24.3 Å². The molecule has 1 aromatic heterocycles. The number of nitrogens with one attached hydrogen (secondary N) is 2. The molecule has 184 valence electrons. The minimum Gasteiger partial charge on any atom is -0.497 e. The number of methoxy groups -OCH3 is 1. The fraction of sp³-hybridized carbons (Fsp3) is 0.385. The zero-order valence-corrected chi connectivity index (χ0v) is 19.8. The average Bonchev–Trinajstić information content (AvgIpc) is 3.44. The highest BCUT2D eigenvalue weighted by atomic mass is 16.5. The highest BCUT2D eigenvalue weighted by molar-refractivity contribution is 5.95. The van der Waals surface area contributed by atoms with E-state index < -0.39 is 0 Å². The van der Waals surface area contributed by atoms with Crippen LogP contribution in [-0.2, 0) is 16.0 Å². The van der Waals surface area contributed by atoms with E-state index in [9.17, 15) is 4.79 Å². The molecule has 3 aromatic rings. The van der Waals surface area contributed by atoms with Crippen molar-refractivity contribution >= 4 is 11.6 Å². The normalized spacial score (nSPS) is 17.8. The van der Waals surface area contributed by atoms with Gasteiger partial charge in [0.25, 0.3) is 0 Å². The van der Waals surface area contributed by atoms with Gasteiger partial charge in [-0.25, -0.2) is 0 Å². The Labute approximate surface area is 204 Å². The second-order valence-electron chi connectivity index (χ2n) is 8.68. The van der Waals surface area contributed by atoms with Gasteiger partial charge in [-0.05, 0) is 47.9 Å². The molecule has 0 unspecified atom stereocenters. The standard InChI is InChI=1S/C26H30N4O5/c1-32-22-3-5-24-19(13-22)12-20(17-35-24)26(31)29-23-4-2-18(21-15-27-28-16-21)14-25(23)34-11-8-30-6-9-33-10-7-30/h2-5,13-16,20H,6-12,17H2,1H3,(H,27,28)(H,29,31)/t20-/m1/s1. The molecule has 2 aliphatic rings. The highest BCUT2D eigenvalue weighted by Gasteiger charge is 2.27. The first-order valence-electron chi connectivity index (χ1n) is 11.9. The van der Waals surface area contributed by atoms with Gasteiger partial charge in [-0.1, -0.05) is 6.07 Å². The monoisotopic (exact) mass is 478 g/mol. The summed E-state index contributed by atoms with van der Waals surface area (Å²) in [5.74, 6) is 1.76. The van der Waals surface area contributed by atoms with Crippen LogP contribution in [0.3, 0.4) is 0 Å². The lowest BCUT2D eigenvalue weighted by Gasteiger charge is -2.27. The molecule has 0 saturated carbocycles. The first-order valence-corrected chi connectivity index (χ1v) is 11.9. The van der Waals surface area contributed by atoms with Crippen LogP contribution in [0, 0.1) is 5.92 Å². The molecule has 0 aliphatic carbocycles. The highest BCUT2D eigenvalue weighted by Crippen LogP contribution is 2.34. The Bertz CT molecular complexity index is 1140. The number of benzene rings is 2. The van der Waals surface area contributed by atoms with Gasteiger partial charge in [-0.2, -0.15) is 5.10 Å². The number of H-pyrrole nitrogens is 1. The molecule has 1 amide bonds. The molecule has 0 spiro atoms. The van der Waals surface area contributed by atoms with Crippen LogP contribution in [0.4, 0.5) is 5.69 Å². The zero-order chi connectivity index (χ0) is 24.0. The number of aromatic amines is 1. The van der Waals surface area contributed by atoms with Gasteiger partial charge in [0.15, 0.2) is 0 Å². The van der Waals surface area contributed by atoms with Crippen LogP contribution < -0.4 is 19.5 Å². The van der Waals surface area contributed by atoms with E-state index in [-0.39, 0.29) is 11.8 Å². The third kappa shape index (κ3) is 5.58. The van der Waals surface area contributed by atoms with Crippen LogP contribution in [0.2, 0.25) is 0 Å². The van der Waals surface area contributed by atoms with Crippen molar-refractivity contribution in [1.29, 1.82) is 0 Å². The number of hydrogen-bond donors (Lipinski definition) is 2. The number of nitrogens with zero attached hydrogens (tertiary/aromatic N) is 2. The molecular formula is C26H30N4O5. The first kappa shape index (κ1) is 23.2. The lowest BCUT2D eigenvalue weighted by molar-refractivity contribution is -0.121. The molecule has 5 rings (SSSR count). The van der Waals surface area contributed by atoms with E-state index in [1.54, 1.807) is 13.3 Å². The van der Waals surface area contributed by atoms with E-state index in [0.29, 0.717) is 31.1 Å². The van der Waals surface area contributed by atoms with Crippen molar-refractivity contribution in [3.05, 3.63) is 54.4 Å². The van der Waals surface area contributed by atoms with Gasteiger partial charge in [0.2, 0.25) is 5.91 Å². The number of aromatic nitrogens is 2. The summed E-state index contributed by atoms with van der Waals surface area (Å²) in [4.78, 5) is 15.5. The maximum atomic E-state index is 13.2. The van der Waals surface area contributed by atoms with Crippen LogP contribution in [0.1, 0.15) is 5.56 Å². The largest absolute Gasteiger partial charge is 0.497 e. The lowest BCUT2D eigenvalue weighted by Crippen LogP contribution is -2.38. The van der Waals surface area contributed by atoms with Crippen LogP contribution >= 0.6 is 0 Å². The van der Waals surface area contributed by atoms with Crippen molar-refractivity contribution < 1.29 is 23.7 Å². The van der Waals surface area contributed by atoms with E-state index in [1.165, 1.54) is 0 Å². The van der Waals surface area contributed by atoms with Crippen molar-refractivity contribution in [3.63, 3.8) is 0 Å². The third-order valence-corrected chi connectivity index (χ3v) is 6.38. The van der Waals surface area contributed by atoms with Crippen molar-refractivity contribution in [1.82, 2.24) is 15.1 Å². The maximum Gasteiger partial charge on any atom is 0.231 e. The van der Waals surface area contributed by atoms with Gasteiger partial charge in [-0.3, -0.25) is 14.8 Å². The molecule has 1 atom stereocenters. The number of carbonyl (C=O) groups excluding carboxylic acids is 1. The van der Waals surface area contributed by atoms with Crippen LogP contribution in [-0.4, -0.2) is 74.2 Å². The Balaban J connectivity index is 1.29.